The van der Waals surface area contributed by atoms with Crippen LogP contribution in [0.2, 0.25) is 0 Å². The summed E-state index contributed by atoms with van der Waals surface area (Å²) >= 11 is 2.44. The molecule has 3 N–H and O–H groups in total. The lowest BCUT2D eigenvalue weighted by molar-refractivity contribution is -0.200. The number of aliphatic hydroxyl groups excluding tert-OH is 1. The highest BCUT2D eigenvalue weighted by molar-refractivity contribution is 7.16. The average Bonchev–Trinajstić information content (AvgIpc) is 3.61. The molecule has 2 saturated heterocycles. The quantitative estimate of drug-likeness (QED) is 0.310. The summed E-state index contributed by atoms with van der Waals surface area (Å²) < 4.78 is 50.9. The standard InChI is InChI=1S/C31H39F3N4O7S2/c1-29(2,3)45-28(43)37(16-23(40)21-4-5-22(39)24-25(21)47-27(42)35-24)9-6-19-14-20(46-17-19)15-36-10-7-30(8-11-36)18-38(12-13-44-30)26(41)31(32,33)34/h4-5,14,17,23,39-40H,6-13,15-16,18H2,1-3H3,(H,35,42). The maximum absolute atomic E-state index is 13.2. The van der Waals surface area contributed by atoms with E-state index < -0.39 is 35.5 Å². The molecule has 3 aromatic rings. The average molecular weight is 701 g/mol. The number of carbonyl (C=O) groups excluding carboxylic acids is 2. The highest BCUT2D eigenvalue weighted by atomic mass is 32.1. The van der Waals surface area contributed by atoms with Crippen LogP contribution in [0.25, 0.3) is 10.2 Å². The Bertz CT molecular complexity index is 1640. The van der Waals surface area contributed by atoms with Gasteiger partial charge in [-0.3, -0.25) is 14.5 Å². The Labute approximate surface area is 277 Å². The highest BCUT2D eigenvalue weighted by Gasteiger charge is 2.48. The molecule has 11 nitrogen and oxygen atoms in total. The smallest absolute Gasteiger partial charge is 0.471 e. The molecule has 258 valence electrons. The van der Waals surface area contributed by atoms with Crippen LogP contribution in [0.5, 0.6) is 5.75 Å². The molecule has 4 heterocycles. The molecule has 2 fully saturated rings. The largest absolute Gasteiger partial charge is 0.506 e. The fourth-order valence-electron chi connectivity index (χ4n) is 5.94. The van der Waals surface area contributed by atoms with Crippen LogP contribution < -0.4 is 4.87 Å². The van der Waals surface area contributed by atoms with Crippen LogP contribution in [0.3, 0.4) is 0 Å². The monoisotopic (exact) mass is 700 g/mol. The highest BCUT2D eigenvalue weighted by Crippen LogP contribution is 2.34. The van der Waals surface area contributed by atoms with Gasteiger partial charge < -0.3 is 34.5 Å². The van der Waals surface area contributed by atoms with Crippen molar-refractivity contribution in [3.63, 3.8) is 0 Å². The first-order valence-electron chi connectivity index (χ1n) is 15.3. The van der Waals surface area contributed by atoms with Crippen LogP contribution >= 0.6 is 22.7 Å². The Morgan fingerprint density at radius 1 is 1.19 bits per heavy atom. The third-order valence-electron chi connectivity index (χ3n) is 8.30. The van der Waals surface area contributed by atoms with Crippen molar-refractivity contribution in [2.45, 2.75) is 70.1 Å². The van der Waals surface area contributed by atoms with Gasteiger partial charge in [0.1, 0.15) is 16.9 Å². The number of rotatable bonds is 8. The van der Waals surface area contributed by atoms with Gasteiger partial charge >= 0.3 is 23.0 Å². The zero-order chi connectivity index (χ0) is 34.1. The molecule has 1 spiro atoms. The number of phenolic OH excluding ortho intramolecular Hbond substituents is 1. The van der Waals surface area contributed by atoms with Crippen molar-refractivity contribution < 1.29 is 42.4 Å². The van der Waals surface area contributed by atoms with Crippen molar-refractivity contribution in [2.24, 2.45) is 0 Å². The maximum Gasteiger partial charge on any atom is 0.471 e. The van der Waals surface area contributed by atoms with Gasteiger partial charge in [-0.25, -0.2) is 4.79 Å². The normalized spacial score (nSPS) is 18.1. The molecule has 2 aliphatic rings. The van der Waals surface area contributed by atoms with E-state index in [2.05, 4.69) is 16.0 Å². The molecule has 2 amide bonds. The number of morpholine rings is 1. The van der Waals surface area contributed by atoms with E-state index in [4.69, 9.17) is 9.47 Å². The number of likely N-dealkylation sites (tertiary alicyclic amines) is 1. The van der Waals surface area contributed by atoms with Gasteiger partial charge in [0, 0.05) is 43.2 Å². The summed E-state index contributed by atoms with van der Waals surface area (Å²) in [5.74, 6) is -1.92. The molecule has 0 radical (unpaired) electrons. The number of aromatic hydroxyl groups is 1. The van der Waals surface area contributed by atoms with Crippen molar-refractivity contribution in [1.29, 1.82) is 0 Å². The first kappa shape index (κ1) is 35.1. The molecule has 0 aliphatic carbocycles. The van der Waals surface area contributed by atoms with Gasteiger partial charge in [0.05, 0.1) is 36.1 Å². The minimum absolute atomic E-state index is 0.0613. The molecule has 1 aromatic carbocycles. The Kier molecular flexibility index (Phi) is 10.3. The van der Waals surface area contributed by atoms with Crippen molar-refractivity contribution in [3.05, 3.63) is 49.3 Å². The van der Waals surface area contributed by atoms with E-state index in [0.29, 0.717) is 49.2 Å². The van der Waals surface area contributed by atoms with Gasteiger partial charge in [-0.15, -0.1) is 11.3 Å². The molecule has 5 rings (SSSR count). The molecule has 0 saturated carbocycles. The summed E-state index contributed by atoms with van der Waals surface area (Å²) in [6, 6.07) is 4.98. The summed E-state index contributed by atoms with van der Waals surface area (Å²) in [5.41, 5.74) is 0.115. The molecular weight excluding hydrogens is 661 g/mol. The lowest BCUT2D eigenvalue weighted by Crippen LogP contribution is -2.59. The SMILES string of the molecule is CC(C)(C)OC(=O)N(CCc1csc(CN2CCC3(CC2)CN(C(=O)C(F)(F)F)CCO3)c1)CC(O)c1ccc(O)c2[nH]c(=O)sc12. The number of alkyl halides is 3. The Hall–Kier alpha value is -3.18. The van der Waals surface area contributed by atoms with Crippen LogP contribution in [0.4, 0.5) is 18.0 Å². The number of aromatic nitrogens is 1. The number of carbonyl (C=O) groups is 2. The van der Waals surface area contributed by atoms with E-state index in [0.717, 1.165) is 26.7 Å². The summed E-state index contributed by atoms with van der Waals surface area (Å²) in [4.78, 5) is 44.7. The Balaban J connectivity index is 1.19. The van der Waals surface area contributed by atoms with Crippen LogP contribution in [0, 0.1) is 0 Å². The van der Waals surface area contributed by atoms with Gasteiger partial charge in [-0.2, -0.15) is 13.2 Å². The van der Waals surface area contributed by atoms with Gasteiger partial charge in [-0.05, 0) is 63.1 Å². The fourth-order valence-corrected chi connectivity index (χ4v) is 7.82. The van der Waals surface area contributed by atoms with Gasteiger partial charge in [0.25, 0.3) is 0 Å². The number of hydrogen-bond acceptors (Lipinski definition) is 10. The van der Waals surface area contributed by atoms with E-state index >= 15 is 0 Å². The predicted molar refractivity (Wildman–Crippen MR) is 171 cm³/mol. The predicted octanol–water partition coefficient (Wildman–Crippen LogP) is 4.63. The zero-order valence-electron chi connectivity index (χ0n) is 26.4. The van der Waals surface area contributed by atoms with E-state index in [1.807, 2.05) is 5.38 Å². The minimum Gasteiger partial charge on any atom is -0.506 e. The number of amides is 2. The van der Waals surface area contributed by atoms with Crippen LogP contribution in [0.15, 0.2) is 28.4 Å². The number of halogens is 3. The van der Waals surface area contributed by atoms with E-state index in [-0.39, 0.29) is 48.9 Å². The summed E-state index contributed by atoms with van der Waals surface area (Å²) in [7, 11) is 0. The van der Waals surface area contributed by atoms with E-state index in [1.54, 1.807) is 32.1 Å². The third kappa shape index (κ3) is 8.65. The lowest BCUT2D eigenvalue weighted by atomic mass is 9.89. The number of phenols is 1. The maximum atomic E-state index is 13.2. The zero-order valence-corrected chi connectivity index (χ0v) is 28.0. The summed E-state index contributed by atoms with van der Waals surface area (Å²) in [6.45, 7) is 7.27. The number of hydrogen-bond donors (Lipinski definition) is 3. The Morgan fingerprint density at radius 2 is 1.91 bits per heavy atom. The third-order valence-corrected chi connectivity index (χ3v) is 10.2. The number of fused-ring (bicyclic) bond motifs is 1. The molecule has 47 heavy (non-hydrogen) atoms. The van der Waals surface area contributed by atoms with Gasteiger partial charge in [0.2, 0.25) is 0 Å². The number of piperidine rings is 1. The first-order valence-corrected chi connectivity index (χ1v) is 17.0. The second-order valence-corrected chi connectivity index (χ2v) is 15.0. The van der Waals surface area contributed by atoms with Crippen LogP contribution in [-0.4, -0.2) is 105 Å². The van der Waals surface area contributed by atoms with E-state index in [1.165, 1.54) is 17.0 Å². The topological polar surface area (TPSA) is 136 Å². The number of nitrogens with one attached hydrogen (secondary N) is 1. The fraction of sp³-hybridized carbons (Fsp3) is 0.581. The molecule has 0 bridgehead atoms. The number of thiophene rings is 1. The van der Waals surface area contributed by atoms with Crippen molar-refractivity contribution >= 4 is 44.9 Å². The molecule has 16 heteroatoms. The Morgan fingerprint density at radius 3 is 2.60 bits per heavy atom. The number of aromatic amines is 1. The van der Waals surface area contributed by atoms with Gasteiger partial charge in [0.15, 0.2) is 0 Å². The van der Waals surface area contributed by atoms with E-state index in [9.17, 15) is 37.8 Å². The van der Waals surface area contributed by atoms with Crippen LogP contribution in [-0.2, 0) is 27.2 Å². The van der Waals surface area contributed by atoms with Crippen molar-refractivity contribution in [2.75, 3.05) is 45.9 Å². The summed E-state index contributed by atoms with van der Waals surface area (Å²) in [6.07, 6.45) is -5.10. The van der Waals surface area contributed by atoms with Crippen LogP contribution in [0.1, 0.15) is 55.7 Å². The number of aliphatic hydroxyl groups is 1. The molecule has 1 unspecified atom stereocenters. The number of thiazole rings is 1. The minimum atomic E-state index is -4.90. The number of H-pyrrole nitrogens is 1. The van der Waals surface area contributed by atoms with Crippen molar-refractivity contribution in [3.8, 4) is 5.75 Å². The number of ether oxygens (including phenoxy) is 2. The molecule has 1 atom stereocenters. The second kappa shape index (κ2) is 13.7. The van der Waals surface area contributed by atoms with Gasteiger partial charge in [-0.1, -0.05) is 17.4 Å². The molecule has 2 aromatic heterocycles. The first-order chi connectivity index (χ1) is 22.0. The second-order valence-electron chi connectivity index (χ2n) is 13.0. The molecule has 2 aliphatic heterocycles. The summed E-state index contributed by atoms with van der Waals surface area (Å²) in [5, 5.41) is 23.3. The molecular formula is C31H39F3N4O7S2. The van der Waals surface area contributed by atoms with Crippen molar-refractivity contribution in [1.82, 2.24) is 19.7 Å². The number of nitrogens with zero attached hydrogens (tertiary/aromatic N) is 3. The lowest BCUT2D eigenvalue weighted by Gasteiger charge is -2.47. The number of benzene rings is 1.